The van der Waals surface area contributed by atoms with Crippen molar-refractivity contribution in [1.29, 1.82) is 0 Å². The molecule has 0 aliphatic heterocycles. The second kappa shape index (κ2) is 7.55. The third kappa shape index (κ3) is 5.55. The van der Waals surface area contributed by atoms with Crippen LogP contribution in [0.25, 0.3) is 0 Å². The molecule has 4 heteroatoms. The fourth-order valence-corrected chi connectivity index (χ4v) is 0.934. The van der Waals surface area contributed by atoms with Crippen molar-refractivity contribution in [3.8, 4) is 0 Å². The molecule has 0 aromatic carbocycles. The van der Waals surface area contributed by atoms with E-state index in [4.69, 9.17) is 0 Å². The number of hydrogen-bond acceptors (Lipinski definition) is 3. The van der Waals surface area contributed by atoms with E-state index in [9.17, 15) is 4.79 Å². The normalized spacial score (nSPS) is 12.1. The molecule has 0 fully saturated rings. The molecule has 1 atom stereocenters. The van der Waals surface area contributed by atoms with E-state index < -0.39 is 0 Å². The fourth-order valence-electron chi connectivity index (χ4n) is 0.934. The third-order valence-electron chi connectivity index (χ3n) is 1.79. The summed E-state index contributed by atoms with van der Waals surface area (Å²) in [6.45, 7) is 4.15. The molecule has 0 aliphatic carbocycles. The van der Waals surface area contributed by atoms with Crippen LogP contribution in [0.5, 0.6) is 0 Å². The van der Waals surface area contributed by atoms with Crippen molar-refractivity contribution in [2.75, 3.05) is 14.2 Å². The van der Waals surface area contributed by atoms with Crippen LogP contribution in [0, 0.1) is 5.92 Å². The van der Waals surface area contributed by atoms with Crippen LogP contribution in [0.4, 0.5) is 0 Å². The molecule has 0 aliphatic rings. The first-order chi connectivity index (χ1) is 5.11. The van der Waals surface area contributed by atoms with Crippen LogP contribution < -0.4 is 5.32 Å². The predicted molar refractivity (Wildman–Crippen MR) is 54.6 cm³/mol. The Morgan fingerprint density at radius 2 is 2.00 bits per heavy atom. The highest BCUT2D eigenvalue weighted by Crippen LogP contribution is 2.05. The van der Waals surface area contributed by atoms with Crippen molar-refractivity contribution in [2.24, 2.45) is 5.92 Å². The van der Waals surface area contributed by atoms with Gasteiger partial charge < -0.3 is 10.1 Å². The van der Waals surface area contributed by atoms with Crippen molar-refractivity contribution in [3.05, 3.63) is 0 Å². The van der Waals surface area contributed by atoms with Gasteiger partial charge in [0.05, 0.1) is 13.5 Å². The van der Waals surface area contributed by atoms with Crippen molar-refractivity contribution in [2.45, 2.75) is 26.3 Å². The summed E-state index contributed by atoms with van der Waals surface area (Å²) >= 11 is 0. The lowest BCUT2D eigenvalue weighted by atomic mass is 10.0. The molecular weight excluding hydrogens is 222 g/mol. The minimum Gasteiger partial charge on any atom is -0.469 e. The summed E-state index contributed by atoms with van der Waals surface area (Å²) in [5.41, 5.74) is 0. The van der Waals surface area contributed by atoms with Gasteiger partial charge >= 0.3 is 5.97 Å². The monoisotopic (exact) mass is 239 g/mol. The van der Waals surface area contributed by atoms with Gasteiger partial charge in [0.1, 0.15) is 0 Å². The van der Waals surface area contributed by atoms with Crippen molar-refractivity contribution in [1.82, 2.24) is 5.32 Å². The molecule has 0 rings (SSSR count). The molecule has 0 radical (unpaired) electrons. The van der Waals surface area contributed by atoms with Gasteiger partial charge in [-0.05, 0) is 13.0 Å². The van der Waals surface area contributed by atoms with Gasteiger partial charge in [0.2, 0.25) is 0 Å². The van der Waals surface area contributed by atoms with Gasteiger partial charge in [-0.25, -0.2) is 0 Å². The van der Waals surface area contributed by atoms with Crippen LogP contribution >= 0.6 is 17.0 Å². The maximum atomic E-state index is 10.8. The Labute approximate surface area is 84.6 Å². The van der Waals surface area contributed by atoms with E-state index >= 15 is 0 Å². The zero-order valence-electron chi connectivity index (χ0n) is 8.09. The van der Waals surface area contributed by atoms with Crippen LogP contribution in [0.15, 0.2) is 0 Å². The summed E-state index contributed by atoms with van der Waals surface area (Å²) in [6, 6.07) is 0.224. The van der Waals surface area contributed by atoms with E-state index in [2.05, 4.69) is 23.9 Å². The predicted octanol–water partition coefficient (Wildman–Crippen LogP) is 1.37. The molecule has 74 valence electrons. The van der Waals surface area contributed by atoms with E-state index in [1.165, 1.54) is 7.11 Å². The van der Waals surface area contributed by atoms with Crippen LogP contribution in [-0.2, 0) is 9.53 Å². The first kappa shape index (κ1) is 14.4. The topological polar surface area (TPSA) is 38.3 Å². The molecule has 1 N–H and O–H groups in total. The number of nitrogens with one attached hydrogen (secondary N) is 1. The number of carbonyl (C=O) groups excluding carboxylic acids is 1. The van der Waals surface area contributed by atoms with Crippen molar-refractivity contribution in [3.63, 3.8) is 0 Å². The molecule has 0 saturated carbocycles. The molecule has 0 spiro atoms. The molecular formula is C8H18BrNO2. The van der Waals surface area contributed by atoms with Gasteiger partial charge in [-0.2, -0.15) is 0 Å². The number of ether oxygens (including phenoxy) is 1. The van der Waals surface area contributed by atoms with Crippen LogP contribution in [0.2, 0.25) is 0 Å². The van der Waals surface area contributed by atoms with Gasteiger partial charge in [-0.1, -0.05) is 13.8 Å². The van der Waals surface area contributed by atoms with Gasteiger partial charge in [0.15, 0.2) is 0 Å². The number of rotatable bonds is 4. The van der Waals surface area contributed by atoms with Crippen LogP contribution in [-0.4, -0.2) is 26.2 Å². The first-order valence-corrected chi connectivity index (χ1v) is 3.86. The smallest absolute Gasteiger partial charge is 0.307 e. The SMILES string of the molecule is Br.CN[C@H](CC(=O)OC)C(C)C. The molecule has 0 aromatic heterocycles. The van der Waals surface area contributed by atoms with Gasteiger partial charge in [0.25, 0.3) is 0 Å². The Hall–Kier alpha value is -0.0900. The summed E-state index contributed by atoms with van der Waals surface area (Å²) in [7, 11) is 3.27. The lowest BCUT2D eigenvalue weighted by Gasteiger charge is -2.18. The maximum Gasteiger partial charge on any atom is 0.307 e. The summed E-state index contributed by atoms with van der Waals surface area (Å²) < 4.78 is 4.55. The lowest BCUT2D eigenvalue weighted by Crippen LogP contribution is -2.33. The van der Waals surface area contributed by atoms with E-state index in [1.54, 1.807) is 0 Å². The average Bonchev–Trinajstić information content (AvgIpc) is 1.99. The molecule has 12 heavy (non-hydrogen) atoms. The number of esters is 1. The summed E-state index contributed by atoms with van der Waals surface area (Å²) in [4.78, 5) is 10.8. The Kier molecular flexibility index (Phi) is 9.09. The zero-order chi connectivity index (χ0) is 8.85. The highest BCUT2D eigenvalue weighted by molar-refractivity contribution is 8.93. The Morgan fingerprint density at radius 1 is 1.50 bits per heavy atom. The molecule has 0 saturated heterocycles. The molecule has 3 nitrogen and oxygen atoms in total. The first-order valence-electron chi connectivity index (χ1n) is 3.86. The quantitative estimate of drug-likeness (QED) is 0.754. The Morgan fingerprint density at radius 3 is 2.25 bits per heavy atom. The number of halogens is 1. The number of carbonyl (C=O) groups is 1. The maximum absolute atomic E-state index is 10.8. The van der Waals surface area contributed by atoms with E-state index in [0.717, 1.165) is 0 Å². The minimum absolute atomic E-state index is 0. The van der Waals surface area contributed by atoms with Gasteiger partial charge in [0, 0.05) is 6.04 Å². The lowest BCUT2D eigenvalue weighted by molar-refractivity contribution is -0.141. The second-order valence-corrected chi connectivity index (χ2v) is 2.92. The molecule has 0 amide bonds. The molecule has 0 unspecified atom stereocenters. The zero-order valence-corrected chi connectivity index (χ0v) is 9.80. The van der Waals surface area contributed by atoms with E-state index in [1.807, 2.05) is 7.05 Å². The summed E-state index contributed by atoms with van der Waals surface area (Å²) in [5.74, 6) is 0.303. The van der Waals surface area contributed by atoms with Gasteiger partial charge in [-0.3, -0.25) is 4.79 Å². The van der Waals surface area contributed by atoms with E-state index in [0.29, 0.717) is 12.3 Å². The van der Waals surface area contributed by atoms with Crippen molar-refractivity contribution >= 4 is 23.0 Å². The van der Waals surface area contributed by atoms with Crippen LogP contribution in [0.3, 0.4) is 0 Å². The Bertz CT molecular complexity index is 128. The fraction of sp³-hybridized carbons (Fsp3) is 0.875. The highest BCUT2D eigenvalue weighted by Gasteiger charge is 2.14. The van der Waals surface area contributed by atoms with Gasteiger partial charge in [-0.15, -0.1) is 17.0 Å². The Balaban J connectivity index is 0. The minimum atomic E-state index is -0.155. The van der Waals surface area contributed by atoms with E-state index in [-0.39, 0.29) is 29.0 Å². The number of hydrogen-bond donors (Lipinski definition) is 1. The summed E-state index contributed by atoms with van der Waals surface area (Å²) in [5, 5.41) is 3.07. The molecule has 0 heterocycles. The van der Waals surface area contributed by atoms with Crippen molar-refractivity contribution < 1.29 is 9.53 Å². The molecule has 0 aromatic rings. The largest absolute Gasteiger partial charge is 0.469 e. The molecule has 0 bridgehead atoms. The highest BCUT2D eigenvalue weighted by atomic mass is 79.9. The average molecular weight is 240 g/mol. The standard InChI is InChI=1S/C8H17NO2.BrH/c1-6(2)7(9-3)5-8(10)11-4;/h6-7,9H,5H2,1-4H3;1H/t7-;/m1./s1. The summed E-state index contributed by atoms with van der Waals surface area (Å²) in [6.07, 6.45) is 0.449. The third-order valence-corrected chi connectivity index (χ3v) is 1.79. The second-order valence-electron chi connectivity index (χ2n) is 2.92. The number of methoxy groups -OCH3 is 1. The van der Waals surface area contributed by atoms with Crippen LogP contribution in [0.1, 0.15) is 20.3 Å².